The normalized spacial score (nSPS) is 10.8. The molecule has 0 atom stereocenters. The molecule has 1 amide bonds. The maximum atomic E-state index is 11.5. The van der Waals surface area contributed by atoms with Gasteiger partial charge in [-0.05, 0) is 22.9 Å². The van der Waals surface area contributed by atoms with Gasteiger partial charge in [0, 0.05) is 24.4 Å². The topological polar surface area (TPSA) is 54.9 Å². The molecule has 2 aromatic heterocycles. The Morgan fingerprint density at radius 3 is 1.90 bits per heavy atom. The molecule has 2 aromatic carbocycles. The van der Waals surface area contributed by atoms with E-state index in [1.54, 1.807) is 29.7 Å². The first-order valence-corrected chi connectivity index (χ1v) is 11.3. The first-order chi connectivity index (χ1) is 13.8. The SMILES string of the molecule is CNC(=O)c1ccc2nc(C(C)C)sc2c1.[CH2-]c1ccc2nc(C(C)C)sc2c1.[K+]. The molecule has 4 aromatic rings. The summed E-state index contributed by atoms with van der Waals surface area (Å²) in [5.74, 6) is 0.896. The van der Waals surface area contributed by atoms with Crippen LogP contribution in [0.4, 0.5) is 0 Å². The standard InChI is InChI=1S/C12H14N2OS.C11H12NS.K/c1-7(2)12-14-9-5-4-8(11(15)13-3)6-10(9)16-12;1-7(2)11-12-9-5-4-8(3)6-10(9)13-11;/h4-7H,1-3H3,(H,13,15);4-7H,3H2,1-2H3;/q;-1;+1. The molecule has 30 heavy (non-hydrogen) atoms. The van der Waals surface area contributed by atoms with Crippen molar-refractivity contribution in [2.75, 3.05) is 7.05 Å². The molecule has 4 nitrogen and oxygen atoms in total. The monoisotopic (exact) mass is 463 g/mol. The van der Waals surface area contributed by atoms with Gasteiger partial charge in [0.25, 0.3) is 5.91 Å². The van der Waals surface area contributed by atoms with Crippen molar-refractivity contribution >= 4 is 49.0 Å². The van der Waals surface area contributed by atoms with Gasteiger partial charge in [0.05, 0.1) is 25.7 Å². The van der Waals surface area contributed by atoms with E-state index in [1.165, 1.54) is 9.71 Å². The van der Waals surface area contributed by atoms with E-state index in [0.29, 0.717) is 17.4 Å². The Labute approximate surface area is 228 Å². The van der Waals surface area contributed by atoms with Gasteiger partial charge in [-0.1, -0.05) is 33.8 Å². The molecule has 0 aliphatic rings. The second-order valence-corrected chi connectivity index (χ2v) is 9.60. The van der Waals surface area contributed by atoms with Gasteiger partial charge in [0.15, 0.2) is 0 Å². The van der Waals surface area contributed by atoms with Crippen LogP contribution in [-0.2, 0) is 0 Å². The van der Waals surface area contributed by atoms with Crippen LogP contribution < -0.4 is 56.7 Å². The van der Waals surface area contributed by atoms with Crippen LogP contribution in [0.5, 0.6) is 0 Å². The summed E-state index contributed by atoms with van der Waals surface area (Å²) in [5, 5.41) is 4.94. The third kappa shape index (κ3) is 6.13. The molecule has 0 radical (unpaired) electrons. The minimum Gasteiger partial charge on any atom is -0.355 e. The van der Waals surface area contributed by atoms with Gasteiger partial charge >= 0.3 is 51.4 Å². The van der Waals surface area contributed by atoms with E-state index in [1.807, 2.05) is 30.3 Å². The Hall–Kier alpha value is -0.804. The summed E-state index contributed by atoms with van der Waals surface area (Å²) >= 11 is 3.42. The van der Waals surface area contributed by atoms with Crippen LogP contribution >= 0.6 is 22.7 Å². The van der Waals surface area contributed by atoms with E-state index in [4.69, 9.17) is 0 Å². The van der Waals surface area contributed by atoms with E-state index in [9.17, 15) is 4.79 Å². The minimum absolute atomic E-state index is 0. The Balaban J connectivity index is 0.000000211. The number of benzene rings is 2. The number of amides is 1. The number of aromatic nitrogens is 2. The minimum atomic E-state index is -0.0543. The van der Waals surface area contributed by atoms with Crippen molar-refractivity contribution in [3.8, 4) is 0 Å². The Kier molecular flexibility index (Phi) is 9.48. The number of nitrogens with zero attached hydrogens (tertiary/aromatic N) is 2. The predicted molar refractivity (Wildman–Crippen MR) is 125 cm³/mol. The Bertz CT molecular complexity index is 1150. The summed E-state index contributed by atoms with van der Waals surface area (Å²) in [4.78, 5) is 20.5. The average molecular weight is 464 g/mol. The zero-order valence-corrected chi connectivity index (χ0v) is 23.2. The van der Waals surface area contributed by atoms with Crippen LogP contribution in [0.2, 0.25) is 0 Å². The van der Waals surface area contributed by atoms with Crippen LogP contribution in [0.1, 0.15) is 65.5 Å². The van der Waals surface area contributed by atoms with E-state index in [0.717, 1.165) is 26.3 Å². The van der Waals surface area contributed by atoms with Crippen LogP contribution in [0.25, 0.3) is 20.4 Å². The van der Waals surface area contributed by atoms with Crippen LogP contribution in [0, 0.1) is 6.92 Å². The molecule has 0 saturated heterocycles. The fraction of sp³-hybridized carbons (Fsp3) is 0.304. The van der Waals surface area contributed by atoms with Crippen LogP contribution in [-0.4, -0.2) is 22.9 Å². The predicted octanol–water partition coefficient (Wildman–Crippen LogP) is 3.39. The second kappa shape index (κ2) is 11.2. The number of fused-ring (bicyclic) bond motifs is 2. The van der Waals surface area contributed by atoms with Crippen LogP contribution in [0.3, 0.4) is 0 Å². The molecule has 2 heterocycles. The van der Waals surface area contributed by atoms with Crippen molar-refractivity contribution in [1.82, 2.24) is 15.3 Å². The summed E-state index contributed by atoms with van der Waals surface area (Å²) in [6, 6.07) is 11.8. The summed E-state index contributed by atoms with van der Waals surface area (Å²) < 4.78 is 2.32. The van der Waals surface area contributed by atoms with Gasteiger partial charge < -0.3 is 5.32 Å². The van der Waals surface area contributed by atoms with E-state index < -0.39 is 0 Å². The van der Waals surface area contributed by atoms with Gasteiger partial charge in [-0.25, -0.2) is 9.97 Å². The molecular weight excluding hydrogens is 438 g/mol. The summed E-state index contributed by atoms with van der Waals surface area (Å²) in [6.45, 7) is 12.5. The van der Waals surface area contributed by atoms with Gasteiger partial charge in [-0.3, -0.25) is 4.79 Å². The van der Waals surface area contributed by atoms with Crippen molar-refractivity contribution < 1.29 is 56.2 Å². The summed E-state index contributed by atoms with van der Waals surface area (Å²) in [7, 11) is 1.64. The molecule has 0 saturated carbocycles. The largest absolute Gasteiger partial charge is 1.00 e. The van der Waals surface area contributed by atoms with Gasteiger partial charge in [-0.15, -0.1) is 28.7 Å². The molecule has 1 N–H and O–H groups in total. The molecule has 7 heteroatoms. The number of carbonyl (C=O) groups excluding carboxylic acids is 1. The molecule has 0 aliphatic carbocycles. The second-order valence-electron chi connectivity index (χ2n) is 7.48. The van der Waals surface area contributed by atoms with Crippen molar-refractivity contribution in [1.29, 1.82) is 0 Å². The average Bonchev–Trinajstić information content (AvgIpc) is 3.31. The third-order valence-electron chi connectivity index (χ3n) is 4.35. The molecule has 0 bridgehead atoms. The summed E-state index contributed by atoms with van der Waals surface area (Å²) in [6.07, 6.45) is 0. The van der Waals surface area contributed by atoms with Gasteiger partial charge in [0.1, 0.15) is 0 Å². The first kappa shape index (κ1) is 25.5. The first-order valence-electron chi connectivity index (χ1n) is 9.63. The fourth-order valence-electron chi connectivity index (χ4n) is 2.71. The molecule has 0 aliphatic heterocycles. The molecule has 0 fully saturated rings. The number of carbonyl (C=O) groups is 1. The van der Waals surface area contributed by atoms with E-state index >= 15 is 0 Å². The zero-order valence-electron chi connectivity index (χ0n) is 18.4. The number of hydrogen-bond acceptors (Lipinski definition) is 5. The molecule has 152 valence electrons. The van der Waals surface area contributed by atoms with Crippen LogP contribution in [0.15, 0.2) is 36.4 Å². The molecule has 0 unspecified atom stereocenters. The Morgan fingerprint density at radius 2 is 1.40 bits per heavy atom. The number of nitrogens with one attached hydrogen (secondary N) is 1. The maximum Gasteiger partial charge on any atom is 1.00 e. The number of thiazole rings is 2. The molecule has 0 spiro atoms. The fourth-order valence-corrected chi connectivity index (χ4v) is 4.75. The quantitative estimate of drug-likeness (QED) is 0.374. The van der Waals surface area contributed by atoms with Crippen molar-refractivity contribution in [3.63, 3.8) is 0 Å². The summed E-state index contributed by atoms with van der Waals surface area (Å²) in [5.41, 5.74) is 3.82. The van der Waals surface area contributed by atoms with Crippen molar-refractivity contribution in [2.45, 2.75) is 39.5 Å². The molecular formula is C23H26KN3OS2. The van der Waals surface area contributed by atoms with Gasteiger partial charge in [0.2, 0.25) is 0 Å². The van der Waals surface area contributed by atoms with Crippen molar-refractivity contribution in [2.24, 2.45) is 0 Å². The molecule has 4 rings (SSSR count). The van der Waals surface area contributed by atoms with Crippen molar-refractivity contribution in [3.05, 3.63) is 64.5 Å². The van der Waals surface area contributed by atoms with E-state index in [2.05, 4.69) is 56.0 Å². The van der Waals surface area contributed by atoms with E-state index in [-0.39, 0.29) is 57.3 Å². The third-order valence-corrected chi connectivity index (χ3v) is 6.99. The smallest absolute Gasteiger partial charge is 0.355 e. The Morgan fingerprint density at radius 1 is 0.900 bits per heavy atom. The number of rotatable bonds is 3. The zero-order chi connectivity index (χ0) is 21.1. The number of hydrogen-bond donors (Lipinski definition) is 1. The van der Waals surface area contributed by atoms with Gasteiger partial charge in [-0.2, -0.15) is 18.6 Å². The maximum absolute atomic E-state index is 11.5.